The molecular formula is C18H18N4O4S2. The first-order valence-electron chi connectivity index (χ1n) is 8.24. The normalized spacial score (nSPS) is 11.2. The highest BCUT2D eigenvalue weighted by Gasteiger charge is 2.12. The summed E-state index contributed by atoms with van der Waals surface area (Å²) in [7, 11) is -3.33. The van der Waals surface area contributed by atoms with Crippen LogP contribution in [0.2, 0.25) is 0 Å². The van der Waals surface area contributed by atoms with Gasteiger partial charge in [-0.1, -0.05) is 42.1 Å². The summed E-state index contributed by atoms with van der Waals surface area (Å²) < 4.78 is 30.4. The predicted octanol–water partition coefficient (Wildman–Crippen LogP) is 2.52. The molecule has 0 bridgehead atoms. The van der Waals surface area contributed by atoms with Crippen LogP contribution in [0.3, 0.4) is 0 Å². The van der Waals surface area contributed by atoms with E-state index >= 15 is 0 Å². The molecular weight excluding hydrogens is 400 g/mol. The van der Waals surface area contributed by atoms with Crippen molar-refractivity contribution in [2.45, 2.75) is 11.8 Å². The Bertz CT molecular complexity index is 1030. The van der Waals surface area contributed by atoms with Crippen molar-refractivity contribution in [3.8, 4) is 11.5 Å². The van der Waals surface area contributed by atoms with E-state index < -0.39 is 10.0 Å². The number of anilines is 1. The van der Waals surface area contributed by atoms with E-state index in [1.165, 1.54) is 0 Å². The standard InChI is InChI=1S/C18H18N4O4S2/c1-28(24,25)22-15-9-7-14(8-10-15)17-20-21-18(26-17)27-12-16(23)19-11-13-5-3-2-4-6-13/h2-10,22H,11-12H2,1H3,(H,19,23). The van der Waals surface area contributed by atoms with Gasteiger partial charge in [0.2, 0.25) is 21.8 Å². The van der Waals surface area contributed by atoms with Gasteiger partial charge in [0.05, 0.1) is 12.0 Å². The molecule has 3 rings (SSSR count). The van der Waals surface area contributed by atoms with E-state index in [0.29, 0.717) is 17.8 Å². The van der Waals surface area contributed by atoms with Crippen LogP contribution in [0.5, 0.6) is 0 Å². The number of hydrogen-bond donors (Lipinski definition) is 2. The summed E-state index contributed by atoms with van der Waals surface area (Å²) in [5.74, 6) is 0.314. The molecule has 0 unspecified atom stereocenters. The predicted molar refractivity (Wildman–Crippen MR) is 107 cm³/mol. The number of thioether (sulfide) groups is 1. The molecule has 0 fully saturated rings. The largest absolute Gasteiger partial charge is 0.411 e. The fourth-order valence-corrected chi connectivity index (χ4v) is 3.41. The van der Waals surface area contributed by atoms with Crippen molar-refractivity contribution in [3.63, 3.8) is 0 Å². The topological polar surface area (TPSA) is 114 Å². The summed E-state index contributed by atoms with van der Waals surface area (Å²) in [6.45, 7) is 0.461. The number of benzene rings is 2. The van der Waals surface area contributed by atoms with Gasteiger partial charge < -0.3 is 9.73 Å². The number of amides is 1. The molecule has 1 heterocycles. The molecule has 3 aromatic rings. The maximum atomic E-state index is 11.9. The van der Waals surface area contributed by atoms with Crippen molar-refractivity contribution in [3.05, 3.63) is 60.2 Å². The van der Waals surface area contributed by atoms with Crippen LogP contribution < -0.4 is 10.0 Å². The van der Waals surface area contributed by atoms with Crippen LogP contribution >= 0.6 is 11.8 Å². The van der Waals surface area contributed by atoms with Gasteiger partial charge in [-0.3, -0.25) is 9.52 Å². The third kappa shape index (κ3) is 6.10. The minimum Gasteiger partial charge on any atom is -0.411 e. The third-order valence-electron chi connectivity index (χ3n) is 3.50. The smallest absolute Gasteiger partial charge is 0.277 e. The molecule has 0 saturated carbocycles. The SMILES string of the molecule is CS(=O)(=O)Nc1ccc(-c2nnc(SCC(=O)NCc3ccccc3)o2)cc1. The molecule has 2 aromatic carbocycles. The van der Waals surface area contributed by atoms with Gasteiger partial charge in [0, 0.05) is 17.8 Å². The molecule has 1 aromatic heterocycles. The van der Waals surface area contributed by atoms with E-state index in [1.54, 1.807) is 24.3 Å². The lowest BCUT2D eigenvalue weighted by atomic mass is 10.2. The zero-order valence-electron chi connectivity index (χ0n) is 15.0. The highest BCUT2D eigenvalue weighted by atomic mass is 32.2. The van der Waals surface area contributed by atoms with Crippen LogP contribution in [0.1, 0.15) is 5.56 Å². The Morgan fingerprint density at radius 1 is 1.07 bits per heavy atom. The number of carbonyl (C=O) groups is 1. The second kappa shape index (κ2) is 8.89. The number of aromatic nitrogens is 2. The average Bonchev–Trinajstić information content (AvgIpc) is 3.14. The molecule has 2 N–H and O–H groups in total. The molecule has 10 heteroatoms. The van der Waals surface area contributed by atoms with Crippen LogP contribution in [0.15, 0.2) is 64.2 Å². The number of carbonyl (C=O) groups excluding carboxylic acids is 1. The first kappa shape index (κ1) is 19.9. The summed E-state index contributed by atoms with van der Waals surface area (Å²) in [6, 6.07) is 16.2. The Hall–Kier alpha value is -2.85. The van der Waals surface area contributed by atoms with Crippen LogP contribution in [-0.4, -0.2) is 36.5 Å². The Balaban J connectivity index is 1.52. The highest BCUT2D eigenvalue weighted by molar-refractivity contribution is 7.99. The summed E-state index contributed by atoms with van der Waals surface area (Å²) in [4.78, 5) is 11.9. The van der Waals surface area contributed by atoms with Gasteiger partial charge in [0.1, 0.15) is 0 Å². The van der Waals surface area contributed by atoms with Gasteiger partial charge in [-0.25, -0.2) is 8.42 Å². The van der Waals surface area contributed by atoms with Gasteiger partial charge in [0.25, 0.3) is 5.22 Å². The van der Waals surface area contributed by atoms with E-state index in [9.17, 15) is 13.2 Å². The molecule has 8 nitrogen and oxygen atoms in total. The van der Waals surface area contributed by atoms with Gasteiger partial charge in [-0.2, -0.15) is 0 Å². The summed E-state index contributed by atoms with van der Waals surface area (Å²) >= 11 is 1.15. The van der Waals surface area contributed by atoms with Crippen LogP contribution in [-0.2, 0) is 21.4 Å². The first-order chi connectivity index (χ1) is 13.4. The number of rotatable bonds is 8. The van der Waals surface area contributed by atoms with Gasteiger partial charge in [0.15, 0.2) is 0 Å². The van der Waals surface area contributed by atoms with Crippen LogP contribution in [0.4, 0.5) is 5.69 Å². The summed E-state index contributed by atoms with van der Waals surface area (Å²) in [6.07, 6.45) is 1.08. The fraction of sp³-hybridized carbons (Fsp3) is 0.167. The lowest BCUT2D eigenvalue weighted by Gasteiger charge is -2.04. The molecule has 0 radical (unpaired) electrons. The molecule has 28 heavy (non-hydrogen) atoms. The van der Waals surface area contributed by atoms with Gasteiger partial charge in [-0.15, -0.1) is 10.2 Å². The molecule has 0 aliphatic carbocycles. The zero-order chi connectivity index (χ0) is 20.0. The Kier molecular flexibility index (Phi) is 6.32. The molecule has 0 atom stereocenters. The maximum absolute atomic E-state index is 11.9. The second-order valence-electron chi connectivity index (χ2n) is 5.88. The Labute approximate surface area is 166 Å². The van der Waals surface area contributed by atoms with Crippen molar-refractivity contribution >= 4 is 33.4 Å². The molecule has 0 saturated heterocycles. The molecule has 0 aliphatic heterocycles. The molecule has 0 spiro atoms. The zero-order valence-corrected chi connectivity index (χ0v) is 16.6. The van der Waals surface area contributed by atoms with E-state index in [1.807, 2.05) is 30.3 Å². The van der Waals surface area contributed by atoms with E-state index in [4.69, 9.17) is 4.42 Å². The first-order valence-corrected chi connectivity index (χ1v) is 11.1. The van der Waals surface area contributed by atoms with Gasteiger partial charge in [-0.05, 0) is 29.8 Å². The summed E-state index contributed by atoms with van der Waals surface area (Å²) in [5, 5.41) is 11.0. The monoisotopic (exact) mass is 418 g/mol. The van der Waals surface area contributed by atoms with Crippen molar-refractivity contribution in [2.75, 3.05) is 16.7 Å². The molecule has 0 aliphatic rings. The number of nitrogens with zero attached hydrogens (tertiary/aromatic N) is 2. The quantitative estimate of drug-likeness (QED) is 0.540. The Morgan fingerprint density at radius 3 is 2.46 bits per heavy atom. The number of nitrogens with one attached hydrogen (secondary N) is 2. The van der Waals surface area contributed by atoms with Crippen molar-refractivity contribution in [1.82, 2.24) is 15.5 Å². The molecule has 146 valence electrons. The number of hydrogen-bond acceptors (Lipinski definition) is 7. The van der Waals surface area contributed by atoms with E-state index in [-0.39, 0.29) is 22.8 Å². The second-order valence-corrected chi connectivity index (χ2v) is 8.55. The van der Waals surface area contributed by atoms with Crippen molar-refractivity contribution < 1.29 is 17.6 Å². The molecule has 1 amide bonds. The number of sulfonamides is 1. The lowest BCUT2D eigenvalue weighted by molar-refractivity contribution is -0.118. The van der Waals surface area contributed by atoms with Gasteiger partial charge >= 0.3 is 0 Å². The minimum absolute atomic E-state index is 0.134. The minimum atomic E-state index is -3.33. The Morgan fingerprint density at radius 2 is 1.79 bits per heavy atom. The van der Waals surface area contributed by atoms with E-state index in [0.717, 1.165) is 23.6 Å². The van der Waals surface area contributed by atoms with Crippen molar-refractivity contribution in [1.29, 1.82) is 0 Å². The van der Waals surface area contributed by atoms with E-state index in [2.05, 4.69) is 20.2 Å². The summed E-state index contributed by atoms with van der Waals surface area (Å²) in [5.41, 5.74) is 2.11. The lowest BCUT2D eigenvalue weighted by Crippen LogP contribution is -2.24. The highest BCUT2D eigenvalue weighted by Crippen LogP contribution is 2.24. The third-order valence-corrected chi connectivity index (χ3v) is 4.93. The fourth-order valence-electron chi connectivity index (χ4n) is 2.25. The van der Waals surface area contributed by atoms with Crippen LogP contribution in [0, 0.1) is 0 Å². The van der Waals surface area contributed by atoms with Crippen LogP contribution in [0.25, 0.3) is 11.5 Å². The van der Waals surface area contributed by atoms with Crippen molar-refractivity contribution in [2.24, 2.45) is 0 Å². The average molecular weight is 419 g/mol. The maximum Gasteiger partial charge on any atom is 0.277 e.